The first-order valence-corrected chi connectivity index (χ1v) is 11.5. The van der Waals surface area contributed by atoms with Crippen LogP contribution in [0.4, 0.5) is 0 Å². The Labute approximate surface area is 168 Å². The Hall–Kier alpha value is -0.240. The second-order valence-electron chi connectivity index (χ2n) is 9.90. The summed E-state index contributed by atoms with van der Waals surface area (Å²) >= 11 is 0. The lowest BCUT2D eigenvalue weighted by Gasteiger charge is -2.43. The molecule has 2 saturated heterocycles. The van der Waals surface area contributed by atoms with E-state index in [-0.39, 0.29) is 0 Å². The number of hydrogen-bond acceptors (Lipinski definition) is 6. The van der Waals surface area contributed by atoms with Crippen LogP contribution in [0.3, 0.4) is 0 Å². The highest BCUT2D eigenvalue weighted by Gasteiger charge is 2.39. The molecule has 4 unspecified atom stereocenters. The summed E-state index contributed by atoms with van der Waals surface area (Å²) in [5, 5.41) is 39.1. The standard InChI is InChI=1S/C22H38O6/c23-19-9-17(10-20(24)27-19)15-5-1-13(2-6-15)14-3-7-16(8-4-14)18-11-21(25)28-22(26)12-18/h13-26H,1-12H2/t13?,14?,15?,16?,17?,18?,19-,20?,21?,22?/m0/s1. The van der Waals surface area contributed by atoms with Crippen LogP contribution in [-0.4, -0.2) is 45.6 Å². The molecule has 4 fully saturated rings. The number of aliphatic hydroxyl groups is 4. The molecule has 6 nitrogen and oxygen atoms in total. The van der Waals surface area contributed by atoms with Gasteiger partial charge in [0.2, 0.25) is 0 Å². The van der Waals surface area contributed by atoms with Gasteiger partial charge in [0.05, 0.1) is 0 Å². The van der Waals surface area contributed by atoms with Crippen molar-refractivity contribution in [3.05, 3.63) is 0 Å². The molecule has 0 aromatic rings. The lowest BCUT2D eigenvalue weighted by atomic mass is 9.65. The van der Waals surface area contributed by atoms with E-state index in [2.05, 4.69) is 0 Å². The molecule has 4 N–H and O–H groups in total. The van der Waals surface area contributed by atoms with E-state index >= 15 is 0 Å². The summed E-state index contributed by atoms with van der Waals surface area (Å²) in [7, 11) is 0. The van der Waals surface area contributed by atoms with Gasteiger partial charge in [0.1, 0.15) is 0 Å². The fourth-order valence-corrected chi connectivity index (χ4v) is 6.76. The van der Waals surface area contributed by atoms with Crippen LogP contribution >= 0.6 is 0 Å². The van der Waals surface area contributed by atoms with Gasteiger partial charge < -0.3 is 29.9 Å². The molecule has 5 atom stereocenters. The van der Waals surface area contributed by atoms with Gasteiger partial charge in [-0.25, -0.2) is 0 Å². The first-order valence-electron chi connectivity index (χ1n) is 11.5. The van der Waals surface area contributed by atoms with Crippen molar-refractivity contribution < 1.29 is 29.9 Å². The number of ether oxygens (including phenoxy) is 2. The van der Waals surface area contributed by atoms with Crippen LogP contribution in [0.5, 0.6) is 0 Å². The quantitative estimate of drug-likeness (QED) is 0.583. The van der Waals surface area contributed by atoms with Gasteiger partial charge in [-0.15, -0.1) is 0 Å². The van der Waals surface area contributed by atoms with Crippen LogP contribution in [0, 0.1) is 35.5 Å². The molecule has 0 aromatic heterocycles. The maximum atomic E-state index is 9.78. The van der Waals surface area contributed by atoms with E-state index in [9.17, 15) is 20.4 Å². The fourth-order valence-electron chi connectivity index (χ4n) is 6.76. The lowest BCUT2D eigenvalue weighted by molar-refractivity contribution is -0.250. The third-order valence-corrected chi connectivity index (χ3v) is 8.28. The first-order chi connectivity index (χ1) is 13.5. The average molecular weight is 399 g/mol. The molecule has 2 aliphatic heterocycles. The van der Waals surface area contributed by atoms with E-state index in [0.29, 0.717) is 49.4 Å². The van der Waals surface area contributed by atoms with Crippen molar-refractivity contribution >= 4 is 0 Å². The molecule has 0 amide bonds. The highest BCUT2D eigenvalue weighted by Crippen LogP contribution is 2.47. The zero-order valence-electron chi connectivity index (χ0n) is 16.9. The van der Waals surface area contributed by atoms with E-state index < -0.39 is 25.2 Å². The van der Waals surface area contributed by atoms with Crippen molar-refractivity contribution in [1.29, 1.82) is 0 Å². The van der Waals surface area contributed by atoms with Crippen molar-refractivity contribution in [1.82, 2.24) is 0 Å². The first kappa shape index (κ1) is 21.0. The van der Waals surface area contributed by atoms with Gasteiger partial charge in [-0.05, 0) is 86.9 Å². The normalized spacial score (nSPS) is 51.0. The van der Waals surface area contributed by atoms with Gasteiger partial charge in [0.25, 0.3) is 0 Å². The number of aliphatic hydroxyl groups excluding tert-OH is 4. The second-order valence-corrected chi connectivity index (χ2v) is 9.90. The monoisotopic (exact) mass is 398 g/mol. The molecule has 28 heavy (non-hydrogen) atoms. The predicted octanol–water partition coefficient (Wildman–Crippen LogP) is 2.73. The minimum atomic E-state index is -0.802. The predicted molar refractivity (Wildman–Crippen MR) is 103 cm³/mol. The molecule has 162 valence electrons. The zero-order valence-corrected chi connectivity index (χ0v) is 16.9. The van der Waals surface area contributed by atoms with E-state index in [1.54, 1.807) is 0 Å². The molecule has 2 saturated carbocycles. The summed E-state index contributed by atoms with van der Waals surface area (Å²) in [6.45, 7) is 0. The van der Waals surface area contributed by atoms with Crippen LogP contribution < -0.4 is 0 Å². The summed E-state index contributed by atoms with van der Waals surface area (Å²) in [4.78, 5) is 0. The maximum Gasteiger partial charge on any atom is 0.157 e. The smallest absolute Gasteiger partial charge is 0.157 e. The molecular weight excluding hydrogens is 360 g/mol. The van der Waals surface area contributed by atoms with Gasteiger partial charge in [-0.1, -0.05) is 0 Å². The molecule has 0 aromatic carbocycles. The zero-order chi connectivity index (χ0) is 19.7. The number of hydrogen-bond donors (Lipinski definition) is 4. The third kappa shape index (κ3) is 5.08. The van der Waals surface area contributed by atoms with Gasteiger partial charge in [-0.3, -0.25) is 0 Å². The average Bonchev–Trinajstić information content (AvgIpc) is 2.67. The van der Waals surface area contributed by atoms with Crippen LogP contribution in [-0.2, 0) is 9.47 Å². The van der Waals surface area contributed by atoms with E-state index in [4.69, 9.17) is 9.47 Å². The second kappa shape index (κ2) is 9.27. The van der Waals surface area contributed by atoms with Crippen LogP contribution in [0.1, 0.15) is 77.0 Å². The Morgan fingerprint density at radius 2 is 0.571 bits per heavy atom. The Kier molecular flexibility index (Phi) is 6.96. The molecular formula is C22H38O6. The minimum Gasteiger partial charge on any atom is -0.368 e. The minimum absolute atomic E-state index is 0.391. The molecule has 0 bridgehead atoms. The molecule has 6 heteroatoms. The maximum absolute atomic E-state index is 9.78. The Morgan fingerprint density at radius 3 is 0.821 bits per heavy atom. The molecule has 0 radical (unpaired) electrons. The van der Waals surface area contributed by atoms with Gasteiger partial charge in [0, 0.05) is 25.7 Å². The number of rotatable bonds is 3. The van der Waals surface area contributed by atoms with Crippen molar-refractivity contribution in [2.75, 3.05) is 0 Å². The van der Waals surface area contributed by atoms with Gasteiger partial charge in [0.15, 0.2) is 25.2 Å². The van der Waals surface area contributed by atoms with E-state index in [0.717, 1.165) is 11.8 Å². The molecule has 2 aliphatic carbocycles. The van der Waals surface area contributed by atoms with Crippen LogP contribution in [0.2, 0.25) is 0 Å². The Balaban J connectivity index is 1.21. The summed E-state index contributed by atoms with van der Waals surface area (Å²) in [6, 6.07) is 0. The van der Waals surface area contributed by atoms with E-state index in [1.807, 2.05) is 0 Å². The summed E-state index contributed by atoms with van der Waals surface area (Å²) in [5.74, 6) is 3.65. The largest absolute Gasteiger partial charge is 0.368 e. The fraction of sp³-hybridized carbons (Fsp3) is 1.00. The molecule has 0 spiro atoms. The van der Waals surface area contributed by atoms with Crippen LogP contribution in [0.25, 0.3) is 0 Å². The topological polar surface area (TPSA) is 99.4 Å². The van der Waals surface area contributed by atoms with E-state index in [1.165, 1.54) is 51.4 Å². The van der Waals surface area contributed by atoms with Crippen molar-refractivity contribution in [3.8, 4) is 0 Å². The highest BCUT2D eigenvalue weighted by atomic mass is 16.7. The Bertz CT molecular complexity index is 421. The summed E-state index contributed by atoms with van der Waals surface area (Å²) in [5.41, 5.74) is 0. The molecule has 4 aliphatic rings. The molecule has 2 heterocycles. The summed E-state index contributed by atoms with van der Waals surface area (Å²) < 4.78 is 10.1. The molecule has 4 rings (SSSR count). The van der Waals surface area contributed by atoms with Crippen molar-refractivity contribution in [2.45, 2.75) is 102 Å². The highest BCUT2D eigenvalue weighted by molar-refractivity contribution is 4.87. The van der Waals surface area contributed by atoms with Crippen molar-refractivity contribution in [2.24, 2.45) is 35.5 Å². The van der Waals surface area contributed by atoms with Gasteiger partial charge >= 0.3 is 0 Å². The lowest BCUT2D eigenvalue weighted by Crippen LogP contribution is -2.38. The van der Waals surface area contributed by atoms with Gasteiger partial charge in [-0.2, -0.15) is 0 Å². The summed E-state index contributed by atoms with van der Waals surface area (Å²) in [6.07, 6.45) is 9.43. The van der Waals surface area contributed by atoms with Crippen LogP contribution in [0.15, 0.2) is 0 Å². The third-order valence-electron chi connectivity index (χ3n) is 8.28. The Morgan fingerprint density at radius 1 is 0.357 bits per heavy atom. The SMILES string of the molecule is OC1CC(C2CCC(C3CCC(C4CC(O)O[C@H](O)C4)CC3)CC2)CC(O)O1. The van der Waals surface area contributed by atoms with Crippen molar-refractivity contribution in [3.63, 3.8) is 0 Å².